The average Bonchev–Trinajstić information content (AvgIpc) is 1.62. The maximum atomic E-state index is 11.7. The average molecular weight is 1560 g/mol. The molecule has 3 aliphatic heterocycles. The fraction of sp³-hybridized carbons (Fsp3) is 0.566. The van der Waals surface area contributed by atoms with Crippen LogP contribution in [0, 0.1) is 5.41 Å². The summed E-state index contributed by atoms with van der Waals surface area (Å²) in [6.07, 6.45) is 8.33. The molecule has 7 aromatic rings. The van der Waals surface area contributed by atoms with E-state index in [0.717, 1.165) is 23.4 Å². The molecule has 0 saturated carbocycles. The van der Waals surface area contributed by atoms with Gasteiger partial charge in [-0.05, 0) is 66.8 Å². The first kappa shape index (κ1) is 158. The summed E-state index contributed by atoms with van der Waals surface area (Å²) < 4.78 is 6.03. The number of fused-ring (bicyclic) bond motifs is 4. The molecule has 0 bridgehead atoms. The van der Waals surface area contributed by atoms with Crippen molar-refractivity contribution < 1.29 is 23.9 Å². The van der Waals surface area contributed by atoms with Gasteiger partial charge in [-0.2, -0.15) is 0 Å². The van der Waals surface area contributed by atoms with E-state index in [0.29, 0.717) is 22.3 Å². The van der Waals surface area contributed by atoms with E-state index < -0.39 is 5.41 Å². The Bertz CT molecular complexity index is 2330. The van der Waals surface area contributed by atoms with Crippen LogP contribution in [0.1, 0.15) is 401 Å². The number of aromatic nitrogens is 1. The first-order valence-electron chi connectivity index (χ1n) is 42.6. The van der Waals surface area contributed by atoms with Gasteiger partial charge in [-0.25, -0.2) is 4.98 Å². The van der Waals surface area contributed by atoms with Gasteiger partial charge in [0.05, 0.1) is 45.1 Å². The van der Waals surface area contributed by atoms with Crippen LogP contribution in [0.25, 0.3) is 21.0 Å². The number of imide groups is 1. The van der Waals surface area contributed by atoms with E-state index in [4.69, 9.17) is 4.74 Å². The molecule has 1 aliphatic carbocycles. The zero-order valence-electron chi connectivity index (χ0n) is 80.0. The van der Waals surface area contributed by atoms with Gasteiger partial charge < -0.3 is 4.74 Å². The predicted octanol–water partition coefficient (Wildman–Crippen LogP) is 37.3. The van der Waals surface area contributed by atoms with Crippen molar-refractivity contribution in [1.82, 2.24) is 9.88 Å². The number of allylic oxidation sites excluding steroid dienone is 1. The number of rotatable bonds is 0. The molecule has 7 nitrogen and oxygen atoms in total. The van der Waals surface area contributed by atoms with Crippen LogP contribution < -0.4 is 0 Å². The molecular formula is C99H194N2O5S2. The number of nitrogens with zero attached hydrogens (tertiary/aromatic N) is 2. The van der Waals surface area contributed by atoms with Crippen molar-refractivity contribution in [1.29, 1.82) is 0 Å². The molecular weight excluding hydrogens is 1360 g/mol. The molecule has 6 aromatic carbocycles. The van der Waals surface area contributed by atoms with Crippen LogP contribution in [0.15, 0.2) is 187 Å². The summed E-state index contributed by atoms with van der Waals surface area (Å²) in [6, 6.07) is 50.7. The maximum Gasteiger partial charge on any atom is 0.261 e. The smallest absolute Gasteiger partial charge is 0.261 e. The zero-order chi connectivity index (χ0) is 88.6. The Morgan fingerprint density at radius 3 is 0.806 bits per heavy atom. The van der Waals surface area contributed by atoms with Gasteiger partial charge in [-0.3, -0.25) is 24.1 Å². The fourth-order valence-electron chi connectivity index (χ4n) is 5.97. The number of hydrogen-bond acceptors (Lipinski definition) is 8. The second kappa shape index (κ2) is 166. The van der Waals surface area contributed by atoms with Crippen LogP contribution in [0.5, 0.6) is 0 Å². The topological polar surface area (TPSA) is 93.6 Å². The Balaban J connectivity index is -0.0000000398. The van der Waals surface area contributed by atoms with E-state index in [1.807, 2.05) is 396 Å². The number of para-hydroxylation sites is 1. The number of thiazole rings is 1. The molecule has 2 amide bonds. The predicted molar refractivity (Wildman–Crippen MR) is 522 cm³/mol. The van der Waals surface area contributed by atoms with Crippen LogP contribution in [0.3, 0.4) is 0 Å². The highest BCUT2D eigenvalue weighted by atomic mass is 32.2. The summed E-state index contributed by atoms with van der Waals surface area (Å²) in [4.78, 5) is 51.3. The van der Waals surface area contributed by atoms with Crippen molar-refractivity contribution in [2.24, 2.45) is 5.41 Å². The summed E-state index contributed by atoms with van der Waals surface area (Å²) in [6.45, 7) is 96.2. The van der Waals surface area contributed by atoms with Crippen LogP contribution in [0.2, 0.25) is 0 Å². The minimum atomic E-state index is -0.857. The first-order chi connectivity index (χ1) is 52.2. The molecule has 0 radical (unpaired) electrons. The minimum Gasteiger partial charge on any atom is -0.501 e. The van der Waals surface area contributed by atoms with Crippen molar-refractivity contribution in [3.05, 3.63) is 209 Å². The van der Waals surface area contributed by atoms with E-state index in [-0.39, 0.29) is 38.2 Å². The summed E-state index contributed by atoms with van der Waals surface area (Å²) in [5, 5.41) is 4.77. The number of carbonyl (C=O) groups is 4. The van der Waals surface area contributed by atoms with Crippen LogP contribution >= 0.6 is 23.1 Å². The van der Waals surface area contributed by atoms with Gasteiger partial charge in [-0.15, -0.1) is 23.1 Å². The van der Waals surface area contributed by atoms with E-state index in [9.17, 15) is 19.2 Å². The molecule has 0 unspecified atom stereocenters. The molecule has 0 fully saturated rings. The fourth-order valence-corrected chi connectivity index (χ4v) is 7.33. The maximum absolute atomic E-state index is 11.7. The van der Waals surface area contributed by atoms with Gasteiger partial charge in [0.25, 0.3) is 11.8 Å². The number of thioether (sulfide) groups is 1. The van der Waals surface area contributed by atoms with Gasteiger partial charge in [-0.1, -0.05) is 473 Å². The lowest BCUT2D eigenvalue weighted by Crippen LogP contribution is -2.25. The van der Waals surface area contributed by atoms with E-state index in [2.05, 4.69) is 71.1 Å². The molecule has 0 N–H and O–H groups in total. The molecule has 0 saturated heterocycles. The number of Topliss-reactive ketones (excluding diaryl/α,β-unsaturated/α-hetero) is 2. The molecule has 642 valence electrons. The standard InChI is InChI=1S/C11H10O2.C10H8.C9H7NO2.C7H5NS.C6H6.C4H6O.C4H6S.23C2H6.2CH4/c1-11(2)9(12)7-5-3-4-6-8(7)10(11)13;1-2-6-10-8-4-3-7-9(10)5-1;1-10-8(11)6-4-2-3-5-7(6)9(10)12;1-2-4-7-6(3-1)8-5-9-7;1-2-4-6-5-3-1;2*1-2-4-5-3-1;23*1-2;;/h3-6H,1-2H3;1-8H;2-5H,1H3;1-5H;1-6H;2*1,3H,2,4H2;23*1-2H3;2*1H4. The van der Waals surface area contributed by atoms with E-state index in [1.165, 1.54) is 34.7 Å². The Morgan fingerprint density at radius 2 is 0.593 bits per heavy atom. The molecule has 1 aromatic heterocycles. The lowest BCUT2D eigenvalue weighted by molar-refractivity contribution is 0.0689. The largest absolute Gasteiger partial charge is 0.501 e. The SMILES string of the molecule is C.C.C1=COCC1.C1=CSCC1.CC.CC.CC.CC.CC.CC.CC.CC.CC.CC.CC.CC.CC.CC.CC.CC.CC.CC.CC.CC.CC.CC.CC.CC1(C)C(=O)c2ccccc2C1=O.CN1C(=O)c2ccccc2C1=O.c1ccc2ccccc2c1.c1ccc2scnc2c1.c1ccccc1. The second-order valence-corrected chi connectivity index (χ2v) is 15.8. The molecule has 11 rings (SSSR count). The number of hydrogen-bond donors (Lipinski definition) is 0. The third-order valence-electron chi connectivity index (χ3n) is 9.30. The summed E-state index contributed by atoms with van der Waals surface area (Å²) in [5.41, 5.74) is 4.25. The highest BCUT2D eigenvalue weighted by molar-refractivity contribution is 8.02. The molecule has 0 atom stereocenters. The van der Waals surface area contributed by atoms with Gasteiger partial charge in [0.15, 0.2) is 11.6 Å². The minimum absolute atomic E-state index is 0. The highest BCUT2D eigenvalue weighted by Gasteiger charge is 2.45. The molecule has 4 aliphatic rings. The third-order valence-corrected chi connectivity index (χ3v) is 11.0. The summed E-state index contributed by atoms with van der Waals surface area (Å²) in [5.74, 6) is 0.757. The van der Waals surface area contributed by atoms with Crippen LogP contribution in [0.4, 0.5) is 0 Å². The quantitative estimate of drug-likeness (QED) is 0.110. The molecule has 4 heterocycles. The van der Waals surface area contributed by atoms with E-state index in [1.54, 1.807) is 80.0 Å². The van der Waals surface area contributed by atoms with Crippen LogP contribution in [-0.4, -0.2) is 52.7 Å². The third kappa shape index (κ3) is 92.0. The first-order valence-corrected chi connectivity index (χ1v) is 44.5. The van der Waals surface area contributed by atoms with Crippen molar-refractivity contribution >= 4 is 67.5 Å². The monoisotopic (exact) mass is 1560 g/mol. The van der Waals surface area contributed by atoms with Crippen molar-refractivity contribution in [3.63, 3.8) is 0 Å². The molecule has 108 heavy (non-hydrogen) atoms. The van der Waals surface area contributed by atoms with E-state index >= 15 is 0 Å². The normalized spacial score (nSPS) is 9.32. The summed E-state index contributed by atoms with van der Waals surface area (Å²) in [7, 11) is 1.49. The number of amides is 2. The van der Waals surface area contributed by atoms with Crippen molar-refractivity contribution in [2.75, 3.05) is 19.4 Å². The van der Waals surface area contributed by atoms with Gasteiger partial charge in [0, 0.05) is 30.3 Å². The Morgan fingerprint density at radius 1 is 0.333 bits per heavy atom. The number of carbonyl (C=O) groups excluding carboxylic acids is 4. The van der Waals surface area contributed by atoms with Gasteiger partial charge >= 0.3 is 0 Å². The number of ether oxygens (including phenoxy) is 1. The lowest BCUT2D eigenvalue weighted by atomic mass is 9.88. The zero-order valence-corrected chi connectivity index (χ0v) is 81.6. The van der Waals surface area contributed by atoms with Crippen LogP contribution in [-0.2, 0) is 4.74 Å². The lowest BCUT2D eigenvalue weighted by Gasteiger charge is -2.11. The van der Waals surface area contributed by atoms with Gasteiger partial charge in [0.2, 0.25) is 0 Å². The van der Waals surface area contributed by atoms with Gasteiger partial charge in [0.1, 0.15) is 0 Å². The number of benzene rings is 6. The number of ketones is 2. The Hall–Kier alpha value is -6.42. The summed E-state index contributed by atoms with van der Waals surface area (Å²) >= 11 is 3.57. The van der Waals surface area contributed by atoms with Crippen molar-refractivity contribution in [2.45, 2.75) is 360 Å². The van der Waals surface area contributed by atoms with Crippen molar-refractivity contribution in [3.8, 4) is 0 Å². The molecule has 0 spiro atoms. The second-order valence-electron chi connectivity index (χ2n) is 13.9. The highest BCUT2D eigenvalue weighted by Crippen LogP contribution is 2.35. The molecule has 9 heteroatoms. The Kier molecular flexibility index (Phi) is 243. The Labute approximate surface area is 691 Å².